The number of carbonyl (C=O) groups excluding carboxylic acids is 1. The second-order valence-electron chi connectivity index (χ2n) is 7.25. The Bertz CT molecular complexity index is 728. The lowest BCUT2D eigenvalue weighted by Gasteiger charge is -2.35. The first-order valence-electron chi connectivity index (χ1n) is 9.49. The fourth-order valence-corrected chi connectivity index (χ4v) is 4.50. The molecule has 140 valence electrons. The summed E-state index contributed by atoms with van der Waals surface area (Å²) in [5.74, 6) is 0.530. The first-order chi connectivity index (χ1) is 12.6. The van der Waals surface area contributed by atoms with Crippen molar-refractivity contribution in [3.05, 3.63) is 39.8 Å². The average Bonchev–Trinajstić information content (AvgIpc) is 3.11. The second-order valence-corrected chi connectivity index (χ2v) is 8.31. The molecular weight excluding hydrogens is 344 g/mol. The smallest absolute Gasteiger partial charge is 0.286 e. The summed E-state index contributed by atoms with van der Waals surface area (Å²) in [5.41, 5.74) is 2.04. The standard InChI is InChI=1S/C20H28N4OS/c1-4-15-9-11-16(12-10-15)21-19(25)20-23-22-18(26-20)13-24(3)17-8-6-5-7-14(17)2/h9-12,14,17H,4-8,13H2,1-3H3,(H,21,25). The van der Waals surface area contributed by atoms with Gasteiger partial charge in [-0.2, -0.15) is 0 Å². The van der Waals surface area contributed by atoms with Gasteiger partial charge in [-0.3, -0.25) is 9.69 Å². The zero-order chi connectivity index (χ0) is 18.5. The molecule has 5 nitrogen and oxygen atoms in total. The van der Waals surface area contributed by atoms with E-state index in [-0.39, 0.29) is 5.91 Å². The van der Waals surface area contributed by atoms with Crippen LogP contribution >= 0.6 is 11.3 Å². The molecule has 1 saturated carbocycles. The molecule has 3 rings (SSSR count). The molecule has 6 heteroatoms. The first-order valence-corrected chi connectivity index (χ1v) is 10.3. The van der Waals surface area contributed by atoms with Crippen molar-refractivity contribution in [2.75, 3.05) is 12.4 Å². The predicted octanol–water partition coefficient (Wildman–Crippen LogP) is 4.36. The Balaban J connectivity index is 1.58. The number of hydrogen-bond donors (Lipinski definition) is 1. The van der Waals surface area contributed by atoms with Crippen LogP contribution in [0.1, 0.15) is 59.9 Å². The lowest BCUT2D eigenvalue weighted by molar-refractivity contribution is 0.102. The van der Waals surface area contributed by atoms with Crippen LogP contribution in [0.25, 0.3) is 0 Å². The summed E-state index contributed by atoms with van der Waals surface area (Å²) in [5, 5.41) is 12.5. The predicted molar refractivity (Wildman–Crippen MR) is 107 cm³/mol. The van der Waals surface area contributed by atoms with Gasteiger partial charge in [0.1, 0.15) is 5.01 Å². The molecule has 1 aliphatic carbocycles. The minimum atomic E-state index is -0.188. The number of amides is 1. The maximum absolute atomic E-state index is 12.4. The second kappa shape index (κ2) is 8.73. The van der Waals surface area contributed by atoms with Crippen LogP contribution in [0.15, 0.2) is 24.3 Å². The number of anilines is 1. The molecule has 1 aliphatic rings. The Hall–Kier alpha value is -1.79. The monoisotopic (exact) mass is 372 g/mol. The van der Waals surface area contributed by atoms with Crippen LogP contribution in [-0.2, 0) is 13.0 Å². The van der Waals surface area contributed by atoms with Crippen LogP contribution < -0.4 is 5.32 Å². The lowest BCUT2D eigenvalue weighted by atomic mass is 9.85. The highest BCUT2D eigenvalue weighted by Crippen LogP contribution is 2.28. The van der Waals surface area contributed by atoms with Crippen molar-refractivity contribution in [1.82, 2.24) is 15.1 Å². The zero-order valence-corrected chi connectivity index (χ0v) is 16.7. The zero-order valence-electron chi connectivity index (χ0n) is 15.9. The average molecular weight is 373 g/mol. The maximum atomic E-state index is 12.4. The highest BCUT2D eigenvalue weighted by Gasteiger charge is 2.25. The van der Waals surface area contributed by atoms with E-state index in [9.17, 15) is 4.79 Å². The Morgan fingerprint density at radius 2 is 1.96 bits per heavy atom. The van der Waals surface area contributed by atoms with Crippen molar-refractivity contribution in [2.24, 2.45) is 5.92 Å². The van der Waals surface area contributed by atoms with E-state index in [4.69, 9.17) is 0 Å². The minimum Gasteiger partial charge on any atom is -0.320 e. The van der Waals surface area contributed by atoms with Crippen molar-refractivity contribution >= 4 is 22.9 Å². The van der Waals surface area contributed by atoms with Crippen LogP contribution in [0.5, 0.6) is 0 Å². The normalized spacial score (nSPS) is 20.3. The summed E-state index contributed by atoms with van der Waals surface area (Å²) >= 11 is 1.39. The molecule has 0 spiro atoms. The molecular formula is C20H28N4OS. The third kappa shape index (κ3) is 4.68. The number of rotatable bonds is 6. The first kappa shape index (κ1) is 19.0. The molecule has 2 atom stereocenters. The third-order valence-corrected chi connectivity index (χ3v) is 6.20. The van der Waals surface area contributed by atoms with Gasteiger partial charge in [0.15, 0.2) is 0 Å². The number of carbonyl (C=O) groups is 1. The van der Waals surface area contributed by atoms with Gasteiger partial charge in [-0.1, -0.05) is 50.2 Å². The van der Waals surface area contributed by atoms with Crippen molar-refractivity contribution < 1.29 is 4.79 Å². The van der Waals surface area contributed by atoms with E-state index >= 15 is 0 Å². The van der Waals surface area contributed by atoms with Crippen LogP contribution in [-0.4, -0.2) is 34.1 Å². The molecule has 26 heavy (non-hydrogen) atoms. The Labute approximate surface area is 159 Å². The number of nitrogens with one attached hydrogen (secondary N) is 1. The van der Waals surface area contributed by atoms with E-state index < -0.39 is 0 Å². The Morgan fingerprint density at radius 1 is 1.23 bits per heavy atom. The van der Waals surface area contributed by atoms with Gasteiger partial charge in [0.05, 0.1) is 6.54 Å². The quantitative estimate of drug-likeness (QED) is 0.818. The van der Waals surface area contributed by atoms with Gasteiger partial charge in [-0.15, -0.1) is 10.2 Å². The van der Waals surface area contributed by atoms with Gasteiger partial charge in [-0.05, 0) is 49.9 Å². The molecule has 1 amide bonds. The highest BCUT2D eigenvalue weighted by atomic mass is 32.1. The number of aromatic nitrogens is 2. The van der Waals surface area contributed by atoms with Crippen molar-refractivity contribution in [1.29, 1.82) is 0 Å². The minimum absolute atomic E-state index is 0.188. The van der Waals surface area contributed by atoms with Crippen molar-refractivity contribution in [3.8, 4) is 0 Å². The van der Waals surface area contributed by atoms with E-state index in [0.29, 0.717) is 11.0 Å². The van der Waals surface area contributed by atoms with Gasteiger partial charge in [0.25, 0.3) is 5.91 Å². The molecule has 1 aromatic heterocycles. The highest BCUT2D eigenvalue weighted by molar-refractivity contribution is 7.13. The number of benzene rings is 1. The Morgan fingerprint density at radius 3 is 2.65 bits per heavy atom. The molecule has 0 aliphatic heterocycles. The van der Waals surface area contributed by atoms with Gasteiger partial charge in [0, 0.05) is 11.7 Å². The molecule has 0 saturated heterocycles. The fourth-order valence-electron chi connectivity index (χ4n) is 3.70. The number of hydrogen-bond acceptors (Lipinski definition) is 5. The SMILES string of the molecule is CCc1ccc(NC(=O)c2nnc(CN(C)C3CCCCC3C)s2)cc1. The van der Waals surface area contributed by atoms with Crippen molar-refractivity contribution in [2.45, 2.75) is 58.5 Å². The van der Waals surface area contributed by atoms with Crippen molar-refractivity contribution in [3.63, 3.8) is 0 Å². The fraction of sp³-hybridized carbons (Fsp3) is 0.550. The van der Waals surface area contributed by atoms with Gasteiger partial charge in [0.2, 0.25) is 5.01 Å². The summed E-state index contributed by atoms with van der Waals surface area (Å²) in [6.07, 6.45) is 6.18. The molecule has 2 unspecified atom stereocenters. The van der Waals surface area contributed by atoms with Gasteiger partial charge in [-0.25, -0.2) is 0 Å². The van der Waals surface area contributed by atoms with Crippen LogP contribution in [0.2, 0.25) is 0 Å². The molecule has 1 aromatic carbocycles. The number of nitrogens with zero attached hydrogens (tertiary/aromatic N) is 3. The number of aryl methyl sites for hydroxylation is 1. The maximum Gasteiger partial charge on any atom is 0.286 e. The molecule has 2 aromatic rings. The van der Waals surface area contributed by atoms with E-state index in [1.54, 1.807) is 0 Å². The topological polar surface area (TPSA) is 58.1 Å². The third-order valence-electron chi connectivity index (χ3n) is 5.30. The van der Waals surface area contributed by atoms with Gasteiger partial charge < -0.3 is 5.32 Å². The van der Waals surface area contributed by atoms with Gasteiger partial charge >= 0.3 is 0 Å². The molecule has 0 bridgehead atoms. The van der Waals surface area contributed by atoms with Crippen LogP contribution in [0.3, 0.4) is 0 Å². The van der Waals surface area contributed by atoms with Crippen LogP contribution in [0, 0.1) is 5.92 Å². The summed E-state index contributed by atoms with van der Waals surface area (Å²) in [6.45, 7) is 5.20. The molecule has 1 fully saturated rings. The molecule has 1 N–H and O–H groups in total. The summed E-state index contributed by atoms with van der Waals surface area (Å²) in [7, 11) is 2.16. The van der Waals surface area contributed by atoms with E-state index in [1.165, 1.54) is 42.6 Å². The Kier molecular flexibility index (Phi) is 6.38. The summed E-state index contributed by atoms with van der Waals surface area (Å²) < 4.78 is 0. The van der Waals surface area contributed by atoms with E-state index in [1.807, 2.05) is 24.3 Å². The molecule has 1 heterocycles. The van der Waals surface area contributed by atoms with Crippen LogP contribution in [0.4, 0.5) is 5.69 Å². The molecule has 0 radical (unpaired) electrons. The van der Waals surface area contributed by atoms with E-state index in [0.717, 1.165) is 29.6 Å². The summed E-state index contributed by atoms with van der Waals surface area (Å²) in [4.78, 5) is 14.8. The summed E-state index contributed by atoms with van der Waals surface area (Å²) in [6, 6.07) is 8.51. The lowest BCUT2D eigenvalue weighted by Crippen LogP contribution is -2.38. The largest absolute Gasteiger partial charge is 0.320 e. The van der Waals surface area contributed by atoms with E-state index in [2.05, 4.69) is 41.3 Å².